The smallest absolute Gasteiger partial charge is 0.503 e. The monoisotopic (exact) mass is 267 g/mol. The van der Waals surface area contributed by atoms with Gasteiger partial charge < -0.3 is 19.7 Å². The Kier molecular flexibility index (Phi) is 3.84. The fourth-order valence-corrected chi connectivity index (χ4v) is 1.17. The molecule has 9 heteroatoms. The lowest BCUT2D eigenvalue weighted by molar-refractivity contribution is -0.275. The summed E-state index contributed by atoms with van der Waals surface area (Å²) in [4.78, 5) is 13.8. The number of nitrogens with zero attached hydrogens (tertiary/aromatic N) is 1. The topological polar surface area (TPSA) is 88.9 Å². The molecule has 1 aromatic heterocycles. The van der Waals surface area contributed by atoms with E-state index in [-0.39, 0.29) is 5.69 Å². The summed E-state index contributed by atoms with van der Waals surface area (Å²) in [6.45, 7) is 0. The van der Waals surface area contributed by atoms with E-state index >= 15 is 0 Å². The molecule has 100 valence electrons. The lowest BCUT2D eigenvalue weighted by Crippen LogP contribution is -2.18. The second kappa shape index (κ2) is 4.98. The fourth-order valence-electron chi connectivity index (χ4n) is 1.17. The zero-order valence-electron chi connectivity index (χ0n) is 8.98. The van der Waals surface area contributed by atoms with Gasteiger partial charge in [0, 0.05) is 0 Å². The van der Waals surface area contributed by atoms with Crippen LogP contribution in [0.3, 0.4) is 0 Å². The largest absolute Gasteiger partial charge is 0.573 e. The number of ether oxygens (including phenoxy) is 2. The van der Waals surface area contributed by atoms with Crippen molar-refractivity contribution < 1.29 is 37.7 Å². The number of hydrogen-bond acceptors (Lipinski definition) is 5. The van der Waals surface area contributed by atoms with E-state index in [1.54, 1.807) is 0 Å². The van der Waals surface area contributed by atoms with Crippen molar-refractivity contribution in [2.45, 2.75) is 12.8 Å². The number of halogens is 3. The minimum absolute atomic E-state index is 0.325. The van der Waals surface area contributed by atoms with Crippen molar-refractivity contribution in [2.24, 2.45) is 0 Å². The highest BCUT2D eigenvalue weighted by molar-refractivity contribution is 5.71. The quantitative estimate of drug-likeness (QED) is 0.855. The van der Waals surface area contributed by atoms with Gasteiger partial charge in [-0.2, -0.15) is 0 Å². The molecule has 1 rings (SSSR count). The van der Waals surface area contributed by atoms with Gasteiger partial charge in [-0.15, -0.1) is 13.2 Å². The number of alkyl halides is 3. The average Bonchev–Trinajstić information content (AvgIpc) is 2.20. The van der Waals surface area contributed by atoms with Crippen LogP contribution in [0.4, 0.5) is 13.2 Å². The summed E-state index contributed by atoms with van der Waals surface area (Å²) in [5.74, 6) is -3.58. The number of carboxylic acids is 1. The highest BCUT2D eigenvalue weighted by Gasteiger charge is 2.34. The molecule has 6 nitrogen and oxygen atoms in total. The molecule has 18 heavy (non-hydrogen) atoms. The van der Waals surface area contributed by atoms with E-state index in [1.807, 2.05) is 0 Å². The molecular formula is C9H8F3NO5. The second-order valence-electron chi connectivity index (χ2n) is 3.07. The van der Waals surface area contributed by atoms with Crippen molar-refractivity contribution in [1.82, 2.24) is 4.98 Å². The first-order valence-corrected chi connectivity index (χ1v) is 4.47. The Morgan fingerprint density at radius 3 is 2.56 bits per heavy atom. The fraction of sp³-hybridized carbons (Fsp3) is 0.333. The van der Waals surface area contributed by atoms with Gasteiger partial charge in [-0.3, -0.25) is 9.78 Å². The summed E-state index contributed by atoms with van der Waals surface area (Å²) >= 11 is 0. The molecule has 0 saturated carbocycles. The summed E-state index contributed by atoms with van der Waals surface area (Å²) in [6.07, 6.45) is -5.01. The highest BCUT2D eigenvalue weighted by Crippen LogP contribution is 2.40. The number of carboxylic acid groups (broad SMARTS) is 1. The van der Waals surface area contributed by atoms with Crippen LogP contribution in [0.25, 0.3) is 0 Å². The number of hydrogen-bond donors (Lipinski definition) is 2. The zero-order chi connectivity index (χ0) is 13.9. The molecule has 0 aliphatic heterocycles. The maximum absolute atomic E-state index is 12.0. The van der Waals surface area contributed by atoms with E-state index in [0.717, 1.165) is 7.11 Å². The first-order chi connectivity index (χ1) is 8.24. The first kappa shape index (κ1) is 13.9. The van der Waals surface area contributed by atoms with Crippen LogP contribution in [0.1, 0.15) is 5.69 Å². The molecule has 0 aliphatic carbocycles. The predicted octanol–water partition coefficient (Wildman–Crippen LogP) is 1.32. The van der Waals surface area contributed by atoms with Crippen LogP contribution in [0, 0.1) is 0 Å². The molecule has 0 aliphatic rings. The number of pyridine rings is 1. The van der Waals surface area contributed by atoms with Gasteiger partial charge in [-0.1, -0.05) is 0 Å². The molecule has 1 heterocycles. The molecule has 0 atom stereocenters. The number of methoxy groups -OCH3 is 1. The number of aromatic hydroxyl groups is 1. The maximum atomic E-state index is 12.0. The Morgan fingerprint density at radius 2 is 2.11 bits per heavy atom. The average molecular weight is 267 g/mol. The lowest BCUT2D eigenvalue weighted by atomic mass is 10.2. The number of carbonyl (C=O) groups is 1. The van der Waals surface area contributed by atoms with E-state index in [1.165, 1.54) is 0 Å². The van der Waals surface area contributed by atoms with Crippen molar-refractivity contribution in [1.29, 1.82) is 0 Å². The molecule has 0 saturated heterocycles. The van der Waals surface area contributed by atoms with Crippen molar-refractivity contribution in [2.75, 3.05) is 7.11 Å². The van der Waals surface area contributed by atoms with Crippen LogP contribution in [-0.4, -0.2) is 34.6 Å². The van der Waals surface area contributed by atoms with Crippen LogP contribution in [-0.2, 0) is 11.2 Å². The van der Waals surface area contributed by atoms with Crippen LogP contribution in [0.2, 0.25) is 0 Å². The molecular weight excluding hydrogens is 259 g/mol. The molecule has 2 N–H and O–H groups in total. The first-order valence-electron chi connectivity index (χ1n) is 4.47. The van der Waals surface area contributed by atoms with Gasteiger partial charge in [0.2, 0.25) is 5.75 Å². The van der Waals surface area contributed by atoms with Gasteiger partial charge in [0.1, 0.15) is 0 Å². The molecule has 0 unspecified atom stereocenters. The normalized spacial score (nSPS) is 11.1. The number of rotatable bonds is 4. The third-order valence-electron chi connectivity index (χ3n) is 1.80. The summed E-state index contributed by atoms with van der Waals surface area (Å²) in [5, 5.41) is 18.0. The Bertz CT molecular complexity index is 460. The Balaban J connectivity index is 3.16. The van der Waals surface area contributed by atoms with Gasteiger partial charge in [0.15, 0.2) is 11.5 Å². The van der Waals surface area contributed by atoms with E-state index in [4.69, 9.17) is 5.11 Å². The van der Waals surface area contributed by atoms with Crippen molar-refractivity contribution >= 4 is 5.97 Å². The molecule has 0 fully saturated rings. The molecule has 0 amide bonds. The minimum atomic E-state index is -4.98. The van der Waals surface area contributed by atoms with E-state index < -0.39 is 36.0 Å². The zero-order valence-corrected chi connectivity index (χ0v) is 8.98. The minimum Gasteiger partial charge on any atom is -0.503 e. The summed E-state index contributed by atoms with van der Waals surface area (Å²) < 4.78 is 44.2. The third-order valence-corrected chi connectivity index (χ3v) is 1.80. The van der Waals surface area contributed by atoms with Crippen molar-refractivity contribution in [3.63, 3.8) is 0 Å². The Hall–Kier alpha value is -2.19. The summed E-state index contributed by atoms with van der Waals surface area (Å²) in [5.41, 5.74) is -0.325. The van der Waals surface area contributed by atoms with Crippen molar-refractivity contribution in [3.05, 3.63) is 11.9 Å². The van der Waals surface area contributed by atoms with Gasteiger partial charge in [0.25, 0.3) is 0 Å². The second-order valence-corrected chi connectivity index (χ2v) is 3.07. The van der Waals surface area contributed by atoms with E-state index in [0.29, 0.717) is 6.20 Å². The molecule has 0 radical (unpaired) electrons. The van der Waals surface area contributed by atoms with Gasteiger partial charge in [-0.05, 0) is 0 Å². The maximum Gasteiger partial charge on any atom is 0.573 e. The van der Waals surface area contributed by atoms with Crippen LogP contribution >= 0.6 is 0 Å². The van der Waals surface area contributed by atoms with E-state index in [2.05, 4.69) is 14.5 Å². The Morgan fingerprint density at radius 1 is 1.50 bits per heavy atom. The molecule has 1 aromatic rings. The van der Waals surface area contributed by atoms with Gasteiger partial charge in [-0.25, -0.2) is 0 Å². The highest BCUT2D eigenvalue weighted by atomic mass is 19.4. The van der Waals surface area contributed by atoms with Gasteiger partial charge >= 0.3 is 12.3 Å². The van der Waals surface area contributed by atoms with Crippen LogP contribution in [0.15, 0.2) is 6.20 Å². The third kappa shape index (κ3) is 3.40. The molecule has 0 aromatic carbocycles. The van der Waals surface area contributed by atoms with Crippen LogP contribution < -0.4 is 9.47 Å². The van der Waals surface area contributed by atoms with E-state index in [9.17, 15) is 23.1 Å². The van der Waals surface area contributed by atoms with Gasteiger partial charge in [0.05, 0.1) is 25.4 Å². The number of aromatic nitrogens is 1. The standard InChI is InChI=1S/C9H8F3NO5/c1-17-8-5(18-9(10,11)12)3-13-4(7(8)16)2-6(14)15/h3,16H,2H2,1H3,(H,14,15). The SMILES string of the molecule is COc1c(OC(F)(F)F)cnc(CC(=O)O)c1O. The summed E-state index contributed by atoms with van der Waals surface area (Å²) in [6, 6.07) is 0. The lowest BCUT2D eigenvalue weighted by Gasteiger charge is -2.14. The number of aliphatic carboxylic acids is 1. The Labute approximate surface area is 98.6 Å². The molecule has 0 bridgehead atoms. The molecule has 0 spiro atoms. The van der Waals surface area contributed by atoms with Crippen molar-refractivity contribution in [3.8, 4) is 17.2 Å². The predicted molar refractivity (Wildman–Crippen MR) is 50.5 cm³/mol. The van der Waals surface area contributed by atoms with Crippen LogP contribution in [0.5, 0.6) is 17.2 Å². The summed E-state index contributed by atoms with van der Waals surface area (Å²) in [7, 11) is 1.00.